The van der Waals surface area contributed by atoms with Crippen molar-refractivity contribution in [3.63, 3.8) is 0 Å². The van der Waals surface area contributed by atoms with Gasteiger partial charge in [0.1, 0.15) is 36.5 Å². The summed E-state index contributed by atoms with van der Waals surface area (Å²) in [7, 11) is 0.446. The van der Waals surface area contributed by atoms with E-state index in [-0.39, 0.29) is 13.0 Å². The van der Waals surface area contributed by atoms with Crippen LogP contribution in [-0.2, 0) is 25.3 Å². The Balaban J connectivity index is 1.64. The maximum Gasteiger partial charge on any atom is 0.498 e. The fourth-order valence-corrected chi connectivity index (χ4v) is 4.03. The molecule has 0 aliphatic carbocycles. The van der Waals surface area contributed by atoms with Gasteiger partial charge in [0.25, 0.3) is 5.91 Å². The molecule has 0 saturated carbocycles. The Hall–Kier alpha value is -3.18. The number of carbonyl (C=O) groups is 2. The molecule has 1 saturated heterocycles. The van der Waals surface area contributed by atoms with Gasteiger partial charge in [-0.2, -0.15) is 0 Å². The molecule has 1 N–H and O–H groups in total. The summed E-state index contributed by atoms with van der Waals surface area (Å²) < 4.78 is 57.1. The molecule has 8 nitrogen and oxygen atoms in total. The van der Waals surface area contributed by atoms with Gasteiger partial charge in [-0.3, -0.25) is 4.79 Å². The molecule has 4 rings (SSSR count). The number of nitrogens with one attached hydrogen (secondary N) is 1. The molecule has 1 atom stereocenters. The minimum atomic E-state index is -1.25. The van der Waals surface area contributed by atoms with Gasteiger partial charge in [0, 0.05) is 17.4 Å². The number of carbonyl (C=O) groups excluding carboxylic acids is 2. The Morgan fingerprint density at radius 1 is 1.00 bits per heavy atom. The number of fused-ring (bicyclic) bond motifs is 1. The topological polar surface area (TPSA) is 92.3 Å². The predicted molar refractivity (Wildman–Crippen MR) is 126 cm³/mol. The van der Waals surface area contributed by atoms with Crippen molar-refractivity contribution in [2.24, 2.45) is 0 Å². The third-order valence-corrected chi connectivity index (χ3v) is 6.71. The van der Waals surface area contributed by atoms with E-state index in [1.165, 1.54) is 0 Å². The molecule has 2 heterocycles. The summed E-state index contributed by atoms with van der Waals surface area (Å²) in [5, 5.41) is 2.37. The van der Waals surface area contributed by atoms with Crippen LogP contribution in [0.4, 0.5) is 8.78 Å². The van der Waals surface area contributed by atoms with Gasteiger partial charge in [0.05, 0.1) is 18.3 Å². The van der Waals surface area contributed by atoms with Crippen LogP contribution in [0.15, 0.2) is 30.3 Å². The number of amides is 1. The normalized spacial score (nSPS) is 18.5. The Labute approximate surface area is 208 Å². The SMILES string of the molecule is COC(=O)[C@H](Cc1ccc(B2OC(C)(C)C(C)(C)O2)c2c1OCCO2)NC(=O)c1c(F)cccc1F. The van der Waals surface area contributed by atoms with Crippen LogP contribution in [0.25, 0.3) is 0 Å². The zero-order chi connectivity index (χ0) is 26.3. The smallest absolute Gasteiger partial charge is 0.486 e. The first-order valence-corrected chi connectivity index (χ1v) is 11.5. The highest BCUT2D eigenvalue weighted by atomic mass is 19.1. The second-order valence-corrected chi connectivity index (χ2v) is 9.61. The summed E-state index contributed by atoms with van der Waals surface area (Å²) in [5.74, 6) is -3.18. The largest absolute Gasteiger partial charge is 0.498 e. The molecule has 36 heavy (non-hydrogen) atoms. The molecular formula is C25H28BF2NO7. The van der Waals surface area contributed by atoms with E-state index in [0.29, 0.717) is 29.1 Å². The maximum absolute atomic E-state index is 14.1. The molecule has 1 fully saturated rings. The summed E-state index contributed by atoms with van der Waals surface area (Å²) in [4.78, 5) is 25.2. The number of methoxy groups -OCH3 is 1. The van der Waals surface area contributed by atoms with Gasteiger partial charge in [-0.05, 0) is 39.8 Å². The quantitative estimate of drug-likeness (QED) is 0.479. The monoisotopic (exact) mass is 503 g/mol. The summed E-state index contributed by atoms with van der Waals surface area (Å²) in [5.41, 5.74) is -0.778. The van der Waals surface area contributed by atoms with Gasteiger partial charge in [0.15, 0.2) is 11.5 Å². The van der Waals surface area contributed by atoms with Crippen LogP contribution in [0.2, 0.25) is 0 Å². The van der Waals surface area contributed by atoms with Crippen molar-refractivity contribution < 1.29 is 41.9 Å². The Morgan fingerprint density at radius 3 is 2.17 bits per heavy atom. The van der Waals surface area contributed by atoms with Crippen molar-refractivity contribution >= 4 is 24.5 Å². The fourth-order valence-electron chi connectivity index (χ4n) is 4.03. The van der Waals surface area contributed by atoms with Crippen LogP contribution >= 0.6 is 0 Å². The minimum Gasteiger partial charge on any atom is -0.486 e. The number of hydrogen-bond donors (Lipinski definition) is 1. The third-order valence-electron chi connectivity index (χ3n) is 6.71. The predicted octanol–water partition coefficient (Wildman–Crippen LogP) is 2.55. The zero-order valence-electron chi connectivity index (χ0n) is 20.8. The zero-order valence-corrected chi connectivity index (χ0v) is 20.8. The molecule has 192 valence electrons. The van der Waals surface area contributed by atoms with Gasteiger partial charge >= 0.3 is 13.1 Å². The van der Waals surface area contributed by atoms with E-state index >= 15 is 0 Å². The van der Waals surface area contributed by atoms with E-state index < -0.39 is 53.4 Å². The number of esters is 1. The highest BCUT2D eigenvalue weighted by molar-refractivity contribution is 6.63. The van der Waals surface area contributed by atoms with Crippen LogP contribution < -0.4 is 20.3 Å². The van der Waals surface area contributed by atoms with Crippen molar-refractivity contribution in [1.82, 2.24) is 5.32 Å². The summed E-state index contributed by atoms with van der Waals surface area (Å²) in [6.45, 7) is 8.32. The fraction of sp³-hybridized carbons (Fsp3) is 0.440. The molecule has 0 bridgehead atoms. The van der Waals surface area contributed by atoms with E-state index in [1.54, 1.807) is 12.1 Å². The van der Waals surface area contributed by atoms with Gasteiger partial charge < -0.3 is 28.8 Å². The Bertz CT molecular complexity index is 1150. The van der Waals surface area contributed by atoms with Gasteiger partial charge in [-0.15, -0.1) is 0 Å². The third kappa shape index (κ3) is 4.77. The molecule has 0 unspecified atom stereocenters. The second-order valence-electron chi connectivity index (χ2n) is 9.61. The van der Waals surface area contributed by atoms with E-state index in [1.807, 2.05) is 27.7 Å². The van der Waals surface area contributed by atoms with Crippen molar-refractivity contribution in [2.75, 3.05) is 20.3 Å². The first-order valence-electron chi connectivity index (χ1n) is 11.5. The molecule has 0 radical (unpaired) electrons. The summed E-state index contributed by atoms with van der Waals surface area (Å²) in [6.07, 6.45) is -0.0795. The average molecular weight is 503 g/mol. The van der Waals surface area contributed by atoms with Gasteiger partial charge in [0.2, 0.25) is 0 Å². The van der Waals surface area contributed by atoms with Gasteiger partial charge in [-0.25, -0.2) is 13.6 Å². The molecule has 2 aliphatic heterocycles. The lowest BCUT2D eigenvalue weighted by molar-refractivity contribution is -0.142. The second kappa shape index (κ2) is 9.70. The van der Waals surface area contributed by atoms with Crippen LogP contribution in [0.3, 0.4) is 0 Å². The molecule has 2 aromatic carbocycles. The lowest BCUT2D eigenvalue weighted by Crippen LogP contribution is -2.44. The van der Waals surface area contributed by atoms with Crippen LogP contribution in [-0.4, -0.2) is 56.6 Å². The highest BCUT2D eigenvalue weighted by Gasteiger charge is 2.53. The number of halogens is 2. The molecule has 11 heteroatoms. The van der Waals surface area contributed by atoms with E-state index in [0.717, 1.165) is 25.3 Å². The minimum absolute atomic E-state index is 0.0795. The number of rotatable bonds is 6. The van der Waals surface area contributed by atoms with Crippen LogP contribution in [0.1, 0.15) is 43.6 Å². The number of hydrogen-bond acceptors (Lipinski definition) is 7. The standard InChI is InChI=1S/C25H28BF2NO7/c1-24(2)25(3,4)36-26(35-24)15-10-9-14(20-21(15)34-12-11-33-20)13-18(23(31)32-5)29-22(30)19-16(27)7-6-8-17(19)28/h6-10,18H,11-13H2,1-5H3,(H,29,30)/t18-/m0/s1. The highest BCUT2D eigenvalue weighted by Crippen LogP contribution is 2.40. The molecule has 2 aliphatic rings. The summed E-state index contributed by atoms with van der Waals surface area (Å²) in [6, 6.07) is 5.27. The molecule has 0 spiro atoms. The lowest BCUT2D eigenvalue weighted by Gasteiger charge is -2.32. The lowest BCUT2D eigenvalue weighted by atomic mass is 9.77. The first-order chi connectivity index (χ1) is 16.9. The van der Waals surface area contributed by atoms with Crippen molar-refractivity contribution in [2.45, 2.75) is 51.4 Å². The molecule has 1 amide bonds. The van der Waals surface area contributed by atoms with E-state index in [4.69, 9.17) is 23.5 Å². The van der Waals surface area contributed by atoms with Crippen molar-refractivity contribution in [3.8, 4) is 11.5 Å². The Morgan fingerprint density at radius 2 is 1.58 bits per heavy atom. The van der Waals surface area contributed by atoms with Crippen LogP contribution in [0, 0.1) is 11.6 Å². The van der Waals surface area contributed by atoms with Crippen molar-refractivity contribution in [3.05, 3.63) is 53.1 Å². The Kier molecular flexibility index (Phi) is 6.98. The number of benzene rings is 2. The van der Waals surface area contributed by atoms with Crippen molar-refractivity contribution in [1.29, 1.82) is 0 Å². The summed E-state index contributed by atoms with van der Waals surface area (Å²) >= 11 is 0. The molecule has 2 aromatic rings. The average Bonchev–Trinajstić information content (AvgIpc) is 3.04. The van der Waals surface area contributed by atoms with Gasteiger partial charge in [-0.1, -0.05) is 18.2 Å². The molecular weight excluding hydrogens is 475 g/mol. The van der Waals surface area contributed by atoms with E-state index in [9.17, 15) is 18.4 Å². The number of ether oxygens (including phenoxy) is 3. The van der Waals surface area contributed by atoms with Crippen LogP contribution in [0.5, 0.6) is 11.5 Å². The maximum atomic E-state index is 14.1. The molecule has 0 aromatic heterocycles. The first kappa shape index (κ1) is 25.9. The van der Waals surface area contributed by atoms with E-state index in [2.05, 4.69) is 5.32 Å².